The summed E-state index contributed by atoms with van der Waals surface area (Å²) < 4.78 is 1.25. The zero-order chi connectivity index (χ0) is 12.1. The Kier molecular flexibility index (Phi) is 5.01. The second-order valence-electron chi connectivity index (χ2n) is 4.72. The van der Waals surface area contributed by atoms with Gasteiger partial charge in [-0.2, -0.15) is 5.48 Å². The molecule has 1 aliphatic carbocycles. The van der Waals surface area contributed by atoms with Crippen molar-refractivity contribution >= 4 is 15.9 Å². The first-order chi connectivity index (χ1) is 8.31. The van der Waals surface area contributed by atoms with E-state index in [1.807, 2.05) is 0 Å². The van der Waals surface area contributed by atoms with Crippen LogP contribution in [0.4, 0.5) is 0 Å². The molecule has 0 atom stereocenters. The molecule has 0 saturated heterocycles. The van der Waals surface area contributed by atoms with Gasteiger partial charge in [0.25, 0.3) is 0 Å². The fraction of sp³-hybridized carbons (Fsp3) is 0.571. The summed E-state index contributed by atoms with van der Waals surface area (Å²) in [5.74, 6) is 0.752. The summed E-state index contributed by atoms with van der Waals surface area (Å²) in [6.45, 7) is 0.750. The highest BCUT2D eigenvalue weighted by Gasteiger charge is 2.17. The predicted octanol–water partition coefficient (Wildman–Crippen LogP) is 4.15. The van der Waals surface area contributed by atoms with Crippen molar-refractivity contribution in [1.82, 2.24) is 5.48 Å². The van der Waals surface area contributed by atoms with Gasteiger partial charge in [0.2, 0.25) is 0 Å². The number of hydrogen-bond donors (Lipinski definition) is 1. The summed E-state index contributed by atoms with van der Waals surface area (Å²) in [7, 11) is 1.64. The Bertz CT molecular complexity index is 361. The molecular weight excluding hydrogens is 278 g/mol. The van der Waals surface area contributed by atoms with Crippen LogP contribution >= 0.6 is 15.9 Å². The van der Waals surface area contributed by atoms with Crippen LogP contribution in [-0.2, 0) is 11.4 Å². The minimum Gasteiger partial charge on any atom is -0.305 e. The maximum absolute atomic E-state index is 4.87. The lowest BCUT2D eigenvalue weighted by Gasteiger charge is -2.23. The van der Waals surface area contributed by atoms with Crippen molar-refractivity contribution in [2.45, 2.75) is 44.6 Å². The summed E-state index contributed by atoms with van der Waals surface area (Å²) in [5, 5.41) is 0. The molecule has 2 nitrogen and oxygen atoms in total. The van der Waals surface area contributed by atoms with Gasteiger partial charge < -0.3 is 4.84 Å². The third kappa shape index (κ3) is 3.54. The molecule has 0 aliphatic heterocycles. The molecular formula is C14H20BrNO. The molecule has 0 radical (unpaired) electrons. The molecule has 0 unspecified atom stereocenters. The van der Waals surface area contributed by atoms with Gasteiger partial charge in [-0.1, -0.05) is 47.3 Å². The van der Waals surface area contributed by atoms with E-state index in [4.69, 9.17) is 4.84 Å². The van der Waals surface area contributed by atoms with Gasteiger partial charge in [-0.15, -0.1) is 0 Å². The van der Waals surface area contributed by atoms with Gasteiger partial charge in [0.05, 0.1) is 7.11 Å². The molecule has 1 aromatic rings. The van der Waals surface area contributed by atoms with Crippen LogP contribution in [0.1, 0.15) is 49.1 Å². The SMILES string of the molecule is CONCc1ccc(C2CCCCC2)c(Br)c1. The van der Waals surface area contributed by atoms with E-state index in [-0.39, 0.29) is 0 Å². The van der Waals surface area contributed by atoms with Crippen molar-refractivity contribution in [3.63, 3.8) is 0 Å². The molecule has 0 bridgehead atoms. The molecule has 0 amide bonds. The lowest BCUT2D eigenvalue weighted by molar-refractivity contribution is 0.0867. The molecule has 1 aromatic carbocycles. The van der Waals surface area contributed by atoms with Crippen LogP contribution in [0, 0.1) is 0 Å². The third-order valence-electron chi connectivity index (χ3n) is 3.53. The number of rotatable bonds is 4. The van der Waals surface area contributed by atoms with Gasteiger partial charge in [0, 0.05) is 11.0 Å². The van der Waals surface area contributed by atoms with E-state index in [1.165, 1.54) is 47.7 Å². The molecule has 1 saturated carbocycles. The summed E-state index contributed by atoms with van der Waals surface area (Å²) in [4.78, 5) is 4.87. The van der Waals surface area contributed by atoms with Gasteiger partial charge in [-0.05, 0) is 36.0 Å². The molecule has 17 heavy (non-hydrogen) atoms. The molecule has 0 spiro atoms. The summed E-state index contributed by atoms with van der Waals surface area (Å²) in [6, 6.07) is 6.67. The predicted molar refractivity (Wildman–Crippen MR) is 73.8 cm³/mol. The van der Waals surface area contributed by atoms with Gasteiger partial charge in [0.1, 0.15) is 0 Å². The smallest absolute Gasteiger partial charge is 0.0572 e. The van der Waals surface area contributed by atoms with E-state index in [0.717, 1.165) is 12.5 Å². The Morgan fingerprint density at radius 1 is 1.29 bits per heavy atom. The molecule has 1 fully saturated rings. The normalized spacial score (nSPS) is 17.3. The second kappa shape index (κ2) is 6.53. The van der Waals surface area contributed by atoms with Crippen LogP contribution in [0.2, 0.25) is 0 Å². The summed E-state index contributed by atoms with van der Waals surface area (Å²) in [5.41, 5.74) is 5.60. The molecule has 1 aliphatic rings. The molecule has 3 heteroatoms. The minimum atomic E-state index is 0.750. The molecule has 0 heterocycles. The van der Waals surface area contributed by atoms with Crippen LogP contribution in [0.15, 0.2) is 22.7 Å². The zero-order valence-corrected chi connectivity index (χ0v) is 11.9. The highest BCUT2D eigenvalue weighted by atomic mass is 79.9. The molecule has 2 rings (SSSR count). The minimum absolute atomic E-state index is 0.750. The first kappa shape index (κ1) is 13.1. The van der Waals surface area contributed by atoms with Crippen LogP contribution in [0.3, 0.4) is 0 Å². The van der Waals surface area contributed by atoms with Gasteiger partial charge >= 0.3 is 0 Å². The number of benzene rings is 1. The van der Waals surface area contributed by atoms with Crippen molar-refractivity contribution < 1.29 is 4.84 Å². The van der Waals surface area contributed by atoms with Crippen molar-refractivity contribution in [2.75, 3.05) is 7.11 Å². The molecule has 0 aromatic heterocycles. The molecule has 94 valence electrons. The largest absolute Gasteiger partial charge is 0.305 e. The number of hydrogen-bond acceptors (Lipinski definition) is 2. The number of hydroxylamine groups is 1. The zero-order valence-electron chi connectivity index (χ0n) is 10.3. The van der Waals surface area contributed by atoms with Gasteiger partial charge in [0.15, 0.2) is 0 Å². The fourth-order valence-electron chi connectivity index (χ4n) is 2.58. The monoisotopic (exact) mass is 297 g/mol. The Morgan fingerprint density at radius 3 is 2.71 bits per heavy atom. The van der Waals surface area contributed by atoms with E-state index >= 15 is 0 Å². The topological polar surface area (TPSA) is 21.3 Å². The quantitative estimate of drug-likeness (QED) is 0.843. The van der Waals surface area contributed by atoms with Crippen molar-refractivity contribution in [3.05, 3.63) is 33.8 Å². The van der Waals surface area contributed by atoms with Gasteiger partial charge in [-0.3, -0.25) is 0 Å². The van der Waals surface area contributed by atoms with Crippen molar-refractivity contribution in [3.8, 4) is 0 Å². The van der Waals surface area contributed by atoms with E-state index in [2.05, 4.69) is 39.6 Å². The van der Waals surface area contributed by atoms with Crippen LogP contribution in [-0.4, -0.2) is 7.11 Å². The Morgan fingerprint density at radius 2 is 2.06 bits per heavy atom. The fourth-order valence-corrected chi connectivity index (χ4v) is 3.33. The number of halogens is 1. The van der Waals surface area contributed by atoms with E-state index in [9.17, 15) is 0 Å². The Labute approximate surface area is 112 Å². The highest BCUT2D eigenvalue weighted by molar-refractivity contribution is 9.10. The van der Waals surface area contributed by atoms with E-state index in [0.29, 0.717) is 0 Å². The maximum Gasteiger partial charge on any atom is 0.0572 e. The third-order valence-corrected chi connectivity index (χ3v) is 4.22. The van der Waals surface area contributed by atoms with Crippen molar-refractivity contribution in [1.29, 1.82) is 0 Å². The lowest BCUT2D eigenvalue weighted by atomic mass is 9.84. The Hall–Kier alpha value is -0.380. The Balaban J connectivity index is 2.07. The second-order valence-corrected chi connectivity index (χ2v) is 5.57. The van der Waals surface area contributed by atoms with Crippen LogP contribution in [0.25, 0.3) is 0 Å². The standard InChI is InChI=1S/C14H20BrNO/c1-17-16-10-11-7-8-13(14(15)9-11)12-5-3-2-4-6-12/h7-9,12,16H,2-6,10H2,1H3. The summed E-state index contributed by atoms with van der Waals surface area (Å²) >= 11 is 3.71. The lowest BCUT2D eigenvalue weighted by Crippen LogP contribution is -2.11. The first-order valence-corrected chi connectivity index (χ1v) is 7.14. The highest BCUT2D eigenvalue weighted by Crippen LogP contribution is 2.36. The average molecular weight is 298 g/mol. The van der Waals surface area contributed by atoms with Crippen molar-refractivity contribution in [2.24, 2.45) is 0 Å². The maximum atomic E-state index is 4.87. The van der Waals surface area contributed by atoms with E-state index < -0.39 is 0 Å². The average Bonchev–Trinajstić information content (AvgIpc) is 2.37. The summed E-state index contributed by atoms with van der Waals surface area (Å²) in [6.07, 6.45) is 6.85. The van der Waals surface area contributed by atoms with Crippen LogP contribution < -0.4 is 5.48 Å². The number of nitrogens with one attached hydrogen (secondary N) is 1. The van der Waals surface area contributed by atoms with E-state index in [1.54, 1.807) is 7.11 Å². The van der Waals surface area contributed by atoms with Crippen LogP contribution in [0.5, 0.6) is 0 Å². The van der Waals surface area contributed by atoms with Gasteiger partial charge in [-0.25, -0.2) is 0 Å². The molecule has 1 N–H and O–H groups in total. The first-order valence-electron chi connectivity index (χ1n) is 6.35.